The van der Waals surface area contributed by atoms with Gasteiger partial charge in [0.1, 0.15) is 0 Å². The van der Waals surface area contributed by atoms with Crippen molar-refractivity contribution < 1.29 is 0 Å². The highest BCUT2D eigenvalue weighted by Crippen LogP contribution is 2.39. The zero-order valence-corrected chi connectivity index (χ0v) is 13.8. The van der Waals surface area contributed by atoms with Crippen LogP contribution in [0.2, 0.25) is 5.02 Å². The minimum absolute atomic E-state index is 0.492. The largest absolute Gasteiger partial charge is 0.310 e. The highest BCUT2D eigenvalue weighted by Gasteiger charge is 2.29. The maximum Gasteiger partial charge on any atom is 0.0408 e. The molecular weight excluding hydrogens is 266 g/mol. The van der Waals surface area contributed by atoms with Crippen molar-refractivity contribution in [2.24, 2.45) is 11.8 Å². The van der Waals surface area contributed by atoms with Crippen LogP contribution in [0.15, 0.2) is 18.2 Å². The SMILES string of the molecule is CCNC(c1ccc(Cl)cc1C)C1CCCC(CC)C1. The van der Waals surface area contributed by atoms with Crippen molar-refractivity contribution >= 4 is 11.6 Å². The van der Waals surface area contributed by atoms with E-state index < -0.39 is 0 Å². The number of halogens is 1. The predicted molar refractivity (Wildman–Crippen MR) is 88.3 cm³/mol. The lowest BCUT2D eigenvalue weighted by Gasteiger charge is -2.35. The molecule has 2 heteroatoms. The smallest absolute Gasteiger partial charge is 0.0408 e. The van der Waals surface area contributed by atoms with Gasteiger partial charge in [0.05, 0.1) is 0 Å². The Kier molecular flexibility index (Phi) is 5.92. The molecule has 1 N–H and O–H groups in total. The van der Waals surface area contributed by atoms with E-state index in [0.29, 0.717) is 6.04 Å². The van der Waals surface area contributed by atoms with Gasteiger partial charge in [0.15, 0.2) is 0 Å². The minimum atomic E-state index is 0.492. The average molecular weight is 294 g/mol. The van der Waals surface area contributed by atoms with Gasteiger partial charge in [-0.05, 0) is 61.4 Å². The first-order valence-corrected chi connectivity index (χ1v) is 8.52. The van der Waals surface area contributed by atoms with Crippen molar-refractivity contribution in [2.45, 2.75) is 58.9 Å². The summed E-state index contributed by atoms with van der Waals surface area (Å²) in [5.74, 6) is 1.69. The average Bonchev–Trinajstić information content (AvgIpc) is 2.45. The standard InChI is InChI=1S/C18H28ClN/c1-4-14-7-6-8-15(12-14)18(20-5-2)17-10-9-16(19)11-13(17)3/h9-11,14-15,18,20H,4-8,12H2,1-3H3. The molecule has 0 radical (unpaired) electrons. The van der Waals surface area contributed by atoms with E-state index >= 15 is 0 Å². The molecule has 0 amide bonds. The van der Waals surface area contributed by atoms with Crippen LogP contribution >= 0.6 is 11.6 Å². The van der Waals surface area contributed by atoms with E-state index in [-0.39, 0.29) is 0 Å². The Morgan fingerprint density at radius 3 is 2.75 bits per heavy atom. The number of rotatable bonds is 5. The third kappa shape index (κ3) is 3.77. The summed E-state index contributed by atoms with van der Waals surface area (Å²) in [7, 11) is 0. The number of hydrogen-bond donors (Lipinski definition) is 1. The summed E-state index contributed by atoms with van der Waals surface area (Å²) in [6, 6.07) is 6.85. The van der Waals surface area contributed by atoms with Crippen molar-refractivity contribution in [3.63, 3.8) is 0 Å². The lowest BCUT2D eigenvalue weighted by molar-refractivity contribution is 0.210. The van der Waals surface area contributed by atoms with Crippen LogP contribution in [0.25, 0.3) is 0 Å². The normalized spacial score (nSPS) is 24.6. The van der Waals surface area contributed by atoms with Crippen molar-refractivity contribution in [1.82, 2.24) is 5.32 Å². The van der Waals surface area contributed by atoms with Gasteiger partial charge >= 0.3 is 0 Å². The van der Waals surface area contributed by atoms with Gasteiger partial charge in [-0.2, -0.15) is 0 Å². The van der Waals surface area contributed by atoms with E-state index in [1.165, 1.54) is 43.2 Å². The van der Waals surface area contributed by atoms with Crippen LogP contribution in [0.5, 0.6) is 0 Å². The van der Waals surface area contributed by atoms with Crippen LogP contribution in [0.1, 0.15) is 63.1 Å². The van der Waals surface area contributed by atoms with Gasteiger partial charge in [-0.1, -0.05) is 50.8 Å². The highest BCUT2D eigenvalue weighted by atomic mass is 35.5. The van der Waals surface area contributed by atoms with Gasteiger partial charge < -0.3 is 5.32 Å². The molecule has 1 fully saturated rings. The molecule has 0 spiro atoms. The molecule has 1 aromatic rings. The first-order chi connectivity index (χ1) is 9.65. The number of benzene rings is 1. The van der Waals surface area contributed by atoms with E-state index in [9.17, 15) is 0 Å². The molecule has 20 heavy (non-hydrogen) atoms. The van der Waals surface area contributed by atoms with Crippen LogP contribution in [-0.2, 0) is 0 Å². The van der Waals surface area contributed by atoms with Crippen molar-refractivity contribution in [1.29, 1.82) is 0 Å². The van der Waals surface area contributed by atoms with E-state index in [4.69, 9.17) is 11.6 Å². The molecule has 0 aliphatic heterocycles. The molecule has 3 atom stereocenters. The molecule has 1 saturated carbocycles. The van der Waals surface area contributed by atoms with Crippen LogP contribution < -0.4 is 5.32 Å². The Morgan fingerprint density at radius 1 is 1.30 bits per heavy atom. The summed E-state index contributed by atoms with van der Waals surface area (Å²) in [4.78, 5) is 0. The first kappa shape index (κ1) is 15.9. The van der Waals surface area contributed by atoms with Crippen molar-refractivity contribution in [3.8, 4) is 0 Å². The van der Waals surface area contributed by atoms with E-state index in [0.717, 1.165) is 23.4 Å². The predicted octanol–water partition coefficient (Wildman–Crippen LogP) is 5.52. The second kappa shape index (κ2) is 7.47. The maximum atomic E-state index is 6.11. The fourth-order valence-electron chi connectivity index (χ4n) is 3.74. The van der Waals surface area contributed by atoms with Gasteiger partial charge in [0, 0.05) is 11.1 Å². The monoisotopic (exact) mass is 293 g/mol. The number of aryl methyl sites for hydroxylation is 1. The van der Waals surface area contributed by atoms with Crippen molar-refractivity contribution in [3.05, 3.63) is 34.3 Å². The molecule has 0 heterocycles. The third-order valence-corrected chi connectivity index (χ3v) is 5.10. The van der Waals surface area contributed by atoms with E-state index in [1.54, 1.807) is 0 Å². The highest BCUT2D eigenvalue weighted by molar-refractivity contribution is 6.30. The summed E-state index contributed by atoms with van der Waals surface area (Å²) in [5.41, 5.74) is 2.76. The summed E-state index contributed by atoms with van der Waals surface area (Å²) in [5, 5.41) is 4.57. The lowest BCUT2D eigenvalue weighted by Crippen LogP contribution is -2.32. The first-order valence-electron chi connectivity index (χ1n) is 8.15. The fourth-order valence-corrected chi connectivity index (χ4v) is 3.97. The van der Waals surface area contributed by atoms with Gasteiger partial charge in [0.2, 0.25) is 0 Å². The summed E-state index contributed by atoms with van der Waals surface area (Å²) < 4.78 is 0. The molecule has 2 rings (SSSR count). The molecule has 112 valence electrons. The van der Waals surface area contributed by atoms with Crippen LogP contribution in [-0.4, -0.2) is 6.54 Å². The summed E-state index contributed by atoms with van der Waals surface area (Å²) in [6.45, 7) is 7.76. The Labute approximate surface area is 129 Å². The number of nitrogens with one attached hydrogen (secondary N) is 1. The van der Waals surface area contributed by atoms with Gasteiger partial charge in [0.25, 0.3) is 0 Å². The molecule has 1 aliphatic rings. The second-order valence-corrected chi connectivity index (χ2v) is 6.67. The van der Waals surface area contributed by atoms with E-state index in [1.807, 2.05) is 6.07 Å². The fraction of sp³-hybridized carbons (Fsp3) is 0.667. The van der Waals surface area contributed by atoms with Crippen LogP contribution in [0.3, 0.4) is 0 Å². The molecule has 1 nitrogen and oxygen atoms in total. The zero-order valence-electron chi connectivity index (χ0n) is 13.1. The summed E-state index contributed by atoms with van der Waals surface area (Å²) >= 11 is 6.11. The minimum Gasteiger partial charge on any atom is -0.310 e. The molecular formula is C18H28ClN. The van der Waals surface area contributed by atoms with Gasteiger partial charge in [-0.3, -0.25) is 0 Å². The summed E-state index contributed by atoms with van der Waals surface area (Å²) in [6.07, 6.45) is 6.87. The van der Waals surface area contributed by atoms with Gasteiger partial charge in [-0.25, -0.2) is 0 Å². The second-order valence-electron chi connectivity index (χ2n) is 6.24. The lowest BCUT2D eigenvalue weighted by atomic mass is 9.74. The Morgan fingerprint density at radius 2 is 2.10 bits per heavy atom. The molecule has 3 unspecified atom stereocenters. The van der Waals surface area contributed by atoms with Gasteiger partial charge in [-0.15, -0.1) is 0 Å². The molecule has 1 aliphatic carbocycles. The van der Waals surface area contributed by atoms with Crippen LogP contribution in [0, 0.1) is 18.8 Å². The maximum absolute atomic E-state index is 6.11. The third-order valence-electron chi connectivity index (χ3n) is 4.86. The zero-order chi connectivity index (χ0) is 14.5. The topological polar surface area (TPSA) is 12.0 Å². The molecule has 0 aromatic heterocycles. The van der Waals surface area contributed by atoms with Crippen LogP contribution in [0.4, 0.5) is 0 Å². The number of hydrogen-bond acceptors (Lipinski definition) is 1. The molecule has 1 aromatic carbocycles. The molecule has 0 saturated heterocycles. The Hall–Kier alpha value is -0.530. The Bertz CT molecular complexity index is 429. The quantitative estimate of drug-likeness (QED) is 0.754. The molecule has 0 bridgehead atoms. The Balaban J connectivity index is 2.21. The van der Waals surface area contributed by atoms with E-state index in [2.05, 4.69) is 38.2 Å². The van der Waals surface area contributed by atoms with Crippen molar-refractivity contribution in [2.75, 3.05) is 6.54 Å².